The third-order valence-corrected chi connectivity index (χ3v) is 5.87. The normalized spacial score (nSPS) is 17.7. The zero-order valence-corrected chi connectivity index (χ0v) is 20.8. The SMILES string of the molecule is C=C/C(=C\C=C/CC)C(Cn1cc(-c2cnn(C=C)c2/N=C/C2CCCNC2)cn1)C(=O)OCC. The molecule has 2 aromatic heterocycles. The highest BCUT2D eigenvalue weighted by molar-refractivity contribution is 5.78. The minimum Gasteiger partial charge on any atom is -0.465 e. The maximum Gasteiger partial charge on any atom is 0.315 e. The van der Waals surface area contributed by atoms with Gasteiger partial charge in [-0.05, 0) is 38.3 Å². The molecule has 0 spiro atoms. The Hall–Kier alpha value is -3.52. The zero-order chi connectivity index (χ0) is 25.0. The molecule has 3 heterocycles. The molecule has 35 heavy (non-hydrogen) atoms. The van der Waals surface area contributed by atoms with Gasteiger partial charge in [-0.1, -0.05) is 44.4 Å². The van der Waals surface area contributed by atoms with Gasteiger partial charge in [0.15, 0.2) is 5.82 Å². The lowest BCUT2D eigenvalue weighted by Crippen LogP contribution is -2.30. The third-order valence-electron chi connectivity index (χ3n) is 5.87. The number of nitrogens with zero attached hydrogens (tertiary/aromatic N) is 5. The van der Waals surface area contributed by atoms with Gasteiger partial charge in [0, 0.05) is 42.2 Å². The summed E-state index contributed by atoms with van der Waals surface area (Å²) in [5, 5.41) is 12.3. The Balaban J connectivity index is 1.86. The van der Waals surface area contributed by atoms with E-state index in [0.717, 1.165) is 49.1 Å². The monoisotopic (exact) mass is 476 g/mol. The van der Waals surface area contributed by atoms with Crippen LogP contribution in [0.4, 0.5) is 5.82 Å². The minimum atomic E-state index is -0.520. The number of hydrogen-bond donors (Lipinski definition) is 1. The molecule has 8 heteroatoms. The van der Waals surface area contributed by atoms with Crippen molar-refractivity contribution in [2.45, 2.75) is 39.7 Å². The van der Waals surface area contributed by atoms with Gasteiger partial charge in [-0.2, -0.15) is 10.2 Å². The molecule has 2 aromatic rings. The zero-order valence-electron chi connectivity index (χ0n) is 20.8. The van der Waals surface area contributed by atoms with Crippen LogP contribution >= 0.6 is 0 Å². The van der Waals surface area contributed by atoms with E-state index in [1.165, 1.54) is 0 Å². The molecule has 1 aliphatic rings. The van der Waals surface area contributed by atoms with Gasteiger partial charge in [-0.25, -0.2) is 9.67 Å². The number of ether oxygens (including phenoxy) is 1. The fourth-order valence-corrected chi connectivity index (χ4v) is 3.99. The van der Waals surface area contributed by atoms with Crippen LogP contribution < -0.4 is 5.32 Å². The molecule has 2 atom stereocenters. The molecular weight excluding hydrogens is 440 g/mol. The van der Waals surface area contributed by atoms with Gasteiger partial charge in [0.25, 0.3) is 0 Å². The van der Waals surface area contributed by atoms with Gasteiger partial charge in [0.1, 0.15) is 5.92 Å². The lowest BCUT2D eigenvalue weighted by molar-refractivity contribution is -0.147. The first-order valence-electron chi connectivity index (χ1n) is 12.2. The summed E-state index contributed by atoms with van der Waals surface area (Å²) in [5.74, 6) is 0.285. The topological polar surface area (TPSA) is 86.3 Å². The number of carbonyl (C=O) groups is 1. The summed E-state index contributed by atoms with van der Waals surface area (Å²) in [5.41, 5.74) is 2.51. The predicted molar refractivity (Wildman–Crippen MR) is 141 cm³/mol. The van der Waals surface area contributed by atoms with E-state index in [4.69, 9.17) is 9.73 Å². The van der Waals surface area contributed by atoms with E-state index in [0.29, 0.717) is 24.9 Å². The summed E-state index contributed by atoms with van der Waals surface area (Å²) in [6.45, 7) is 14.3. The third kappa shape index (κ3) is 6.99. The molecule has 0 amide bonds. The average molecular weight is 477 g/mol. The Morgan fingerprint density at radius 2 is 2.20 bits per heavy atom. The number of rotatable bonds is 12. The van der Waals surface area contributed by atoms with Crippen LogP contribution in [-0.2, 0) is 16.1 Å². The second kappa shape index (κ2) is 13.4. The summed E-state index contributed by atoms with van der Waals surface area (Å²) in [6.07, 6.45) is 19.8. The van der Waals surface area contributed by atoms with Crippen LogP contribution in [0.25, 0.3) is 17.3 Å². The lowest BCUT2D eigenvalue weighted by atomic mass is 9.98. The van der Waals surface area contributed by atoms with Crippen molar-refractivity contribution < 1.29 is 9.53 Å². The van der Waals surface area contributed by atoms with Crippen LogP contribution in [0, 0.1) is 11.8 Å². The maximum absolute atomic E-state index is 12.8. The predicted octanol–water partition coefficient (Wildman–Crippen LogP) is 4.81. The molecule has 0 bridgehead atoms. The number of nitrogens with one attached hydrogen (secondary N) is 1. The van der Waals surface area contributed by atoms with Crippen LogP contribution in [0.3, 0.4) is 0 Å². The van der Waals surface area contributed by atoms with E-state index in [-0.39, 0.29) is 5.97 Å². The highest BCUT2D eigenvalue weighted by Gasteiger charge is 2.24. The van der Waals surface area contributed by atoms with E-state index in [9.17, 15) is 4.79 Å². The molecule has 1 aliphatic heterocycles. The average Bonchev–Trinajstić information content (AvgIpc) is 3.51. The summed E-state index contributed by atoms with van der Waals surface area (Å²) in [7, 11) is 0. The van der Waals surface area contributed by atoms with Gasteiger partial charge in [-0.3, -0.25) is 9.48 Å². The molecule has 0 aromatic carbocycles. The van der Waals surface area contributed by atoms with Crippen molar-refractivity contribution in [1.82, 2.24) is 24.9 Å². The van der Waals surface area contributed by atoms with Crippen molar-refractivity contribution in [2.24, 2.45) is 16.8 Å². The lowest BCUT2D eigenvalue weighted by Gasteiger charge is -2.18. The van der Waals surface area contributed by atoms with E-state index < -0.39 is 5.92 Å². The molecule has 186 valence electrons. The Morgan fingerprint density at radius 3 is 2.89 bits per heavy atom. The molecule has 3 rings (SSSR count). The van der Waals surface area contributed by atoms with Gasteiger partial charge < -0.3 is 10.1 Å². The highest BCUT2D eigenvalue weighted by Crippen LogP contribution is 2.31. The van der Waals surface area contributed by atoms with Gasteiger partial charge in [-0.15, -0.1) is 0 Å². The quantitative estimate of drug-likeness (QED) is 0.270. The standard InChI is InChI=1S/C27H36N6O2/c1-5-9-10-13-22(6-2)25(27(34)35-8-4)20-32-19-23(17-30-32)24-18-31-33(7-3)26(24)29-16-21-12-11-14-28-15-21/h6-7,9-10,13,16-19,21,25,28H,2-3,5,8,11-12,14-15,20H2,1,4H3/b10-9-,22-13+,29-16+. The highest BCUT2D eigenvalue weighted by atomic mass is 16.5. The van der Waals surface area contributed by atoms with Crippen molar-refractivity contribution in [2.75, 3.05) is 19.7 Å². The molecule has 1 fully saturated rings. The Bertz CT molecular complexity index is 1090. The van der Waals surface area contributed by atoms with Crippen molar-refractivity contribution in [3.63, 3.8) is 0 Å². The first-order chi connectivity index (χ1) is 17.1. The van der Waals surface area contributed by atoms with Gasteiger partial charge in [0.05, 0.1) is 25.5 Å². The largest absolute Gasteiger partial charge is 0.465 e. The molecule has 0 radical (unpaired) electrons. The fraction of sp³-hybridized carbons (Fsp3) is 0.407. The van der Waals surface area contributed by atoms with Crippen molar-refractivity contribution in [3.8, 4) is 11.1 Å². The number of esters is 1. The van der Waals surface area contributed by atoms with Crippen LogP contribution in [-0.4, -0.2) is 51.4 Å². The maximum atomic E-state index is 12.8. The number of allylic oxidation sites excluding steroid dienone is 4. The first kappa shape index (κ1) is 26.1. The smallest absolute Gasteiger partial charge is 0.315 e. The second-order valence-electron chi connectivity index (χ2n) is 8.36. The molecule has 0 aliphatic carbocycles. The summed E-state index contributed by atoms with van der Waals surface area (Å²) < 4.78 is 8.76. The van der Waals surface area contributed by atoms with E-state index in [1.54, 1.807) is 41.0 Å². The molecule has 1 N–H and O–H groups in total. The van der Waals surface area contributed by atoms with Gasteiger partial charge in [0.2, 0.25) is 0 Å². The van der Waals surface area contributed by atoms with Crippen LogP contribution in [0.15, 0.2) is 66.6 Å². The summed E-state index contributed by atoms with van der Waals surface area (Å²) >= 11 is 0. The Morgan fingerprint density at radius 1 is 1.34 bits per heavy atom. The van der Waals surface area contributed by atoms with Crippen molar-refractivity contribution >= 4 is 24.2 Å². The minimum absolute atomic E-state index is 0.300. The molecule has 1 saturated heterocycles. The summed E-state index contributed by atoms with van der Waals surface area (Å²) in [6, 6.07) is 0. The molecule has 8 nitrogen and oxygen atoms in total. The Labute approximate surface area is 207 Å². The Kier molecular flexibility index (Phi) is 9.98. The first-order valence-corrected chi connectivity index (χ1v) is 12.2. The van der Waals surface area contributed by atoms with Crippen LogP contribution in [0.5, 0.6) is 0 Å². The molecule has 0 saturated carbocycles. The number of carbonyl (C=O) groups excluding carboxylic acids is 1. The fourth-order valence-electron chi connectivity index (χ4n) is 3.99. The number of piperidine rings is 1. The molecule has 2 unspecified atom stereocenters. The number of aromatic nitrogens is 4. The number of aliphatic imine (C=N–C) groups is 1. The van der Waals surface area contributed by atoms with Crippen LogP contribution in [0.1, 0.15) is 33.1 Å². The van der Waals surface area contributed by atoms with Crippen molar-refractivity contribution in [1.29, 1.82) is 0 Å². The van der Waals surface area contributed by atoms with E-state index in [2.05, 4.69) is 35.6 Å². The number of hydrogen-bond acceptors (Lipinski definition) is 6. The van der Waals surface area contributed by atoms with Crippen LogP contribution in [0.2, 0.25) is 0 Å². The van der Waals surface area contributed by atoms with Crippen molar-refractivity contribution in [3.05, 3.63) is 61.6 Å². The summed E-state index contributed by atoms with van der Waals surface area (Å²) in [4.78, 5) is 17.5. The van der Waals surface area contributed by atoms with E-state index in [1.807, 2.05) is 30.6 Å². The van der Waals surface area contributed by atoms with E-state index >= 15 is 0 Å². The molecular formula is C27H36N6O2. The second-order valence-corrected chi connectivity index (χ2v) is 8.36. The van der Waals surface area contributed by atoms with Gasteiger partial charge >= 0.3 is 5.97 Å².